The normalized spacial score (nSPS) is 17.4. The van der Waals surface area contributed by atoms with Gasteiger partial charge >= 0.3 is 6.55 Å². The maximum Gasteiger partial charge on any atom is 0.320 e. The Balaban J connectivity index is 1.59. The number of ether oxygens (including phenoxy) is 1. The molecule has 14 heteroatoms. The molecular formula is C24H20F4N8O2. The summed E-state index contributed by atoms with van der Waals surface area (Å²) < 4.78 is 63.2. The van der Waals surface area contributed by atoms with E-state index in [1.54, 1.807) is 9.58 Å². The van der Waals surface area contributed by atoms with Crippen LogP contribution in [0.4, 0.5) is 23.4 Å². The van der Waals surface area contributed by atoms with Crippen LogP contribution in [0.25, 0.3) is 22.1 Å². The maximum atomic E-state index is 15.0. The van der Waals surface area contributed by atoms with Crippen molar-refractivity contribution in [3.8, 4) is 11.8 Å². The first-order valence-electron chi connectivity index (χ1n) is 11.3. The molecule has 4 aromatic rings. The van der Waals surface area contributed by atoms with E-state index in [2.05, 4.69) is 38.5 Å². The zero-order valence-corrected chi connectivity index (χ0v) is 19.9. The average Bonchev–Trinajstić information content (AvgIpc) is 3.59. The first-order valence-corrected chi connectivity index (χ1v) is 11.3. The van der Waals surface area contributed by atoms with Crippen molar-refractivity contribution in [2.45, 2.75) is 25.1 Å². The van der Waals surface area contributed by atoms with Crippen molar-refractivity contribution < 1.29 is 27.1 Å². The lowest BCUT2D eigenvalue weighted by Crippen LogP contribution is -2.37. The summed E-state index contributed by atoms with van der Waals surface area (Å²) in [6.07, 6.45) is 3.66. The van der Waals surface area contributed by atoms with E-state index in [4.69, 9.17) is 10.5 Å². The number of nitrogen functional groups attached to an aromatic ring is 1. The number of carbonyl (C=O) groups is 1. The third kappa shape index (κ3) is 4.10. The Morgan fingerprint density at radius 1 is 1.32 bits per heavy atom. The van der Waals surface area contributed by atoms with Gasteiger partial charge in [-0.1, -0.05) is 12.5 Å². The molecule has 4 heterocycles. The fourth-order valence-corrected chi connectivity index (χ4v) is 4.63. The summed E-state index contributed by atoms with van der Waals surface area (Å²) in [5, 5.41) is 4.77. The minimum absolute atomic E-state index is 0.0445. The average molecular weight is 528 g/mol. The van der Waals surface area contributed by atoms with Crippen molar-refractivity contribution in [1.29, 1.82) is 0 Å². The summed E-state index contributed by atoms with van der Waals surface area (Å²) in [4.78, 5) is 25.9. The molecule has 2 N–H and O–H groups in total. The zero-order valence-electron chi connectivity index (χ0n) is 19.9. The molecule has 0 spiro atoms. The minimum Gasteiger partial charge on any atom is -0.383 e. The predicted molar refractivity (Wildman–Crippen MR) is 128 cm³/mol. The number of likely N-dealkylation sites (tertiary alicyclic amines) is 1. The van der Waals surface area contributed by atoms with Crippen LogP contribution in [-0.2, 0) is 9.53 Å². The van der Waals surface area contributed by atoms with Crippen LogP contribution in [0.1, 0.15) is 30.3 Å². The van der Waals surface area contributed by atoms with Crippen LogP contribution < -0.4 is 5.73 Å². The SMILES string of the molecule is C=CC(=O)N1C[C@@H](n2nc(C#Cc3c(F)cc4c(ncn4C(F)F)c3F)c3c(N)ncnc32)C[C@@H]1COC. The molecule has 1 amide bonds. The number of nitrogens with zero attached hydrogens (tertiary/aromatic N) is 7. The van der Waals surface area contributed by atoms with Gasteiger partial charge in [-0.2, -0.15) is 13.9 Å². The molecule has 1 fully saturated rings. The molecule has 1 aliphatic rings. The number of amides is 1. The van der Waals surface area contributed by atoms with E-state index in [0.717, 1.165) is 12.4 Å². The van der Waals surface area contributed by atoms with Crippen LogP contribution in [-0.4, -0.2) is 66.4 Å². The lowest BCUT2D eigenvalue weighted by atomic mass is 10.1. The van der Waals surface area contributed by atoms with Gasteiger partial charge in [0.25, 0.3) is 0 Å². The van der Waals surface area contributed by atoms with Crippen LogP contribution >= 0.6 is 0 Å². The van der Waals surface area contributed by atoms with Crippen molar-refractivity contribution in [1.82, 2.24) is 34.2 Å². The van der Waals surface area contributed by atoms with Crippen LogP contribution in [0.5, 0.6) is 0 Å². The van der Waals surface area contributed by atoms with E-state index in [0.29, 0.717) is 23.2 Å². The molecule has 2 atom stereocenters. The highest BCUT2D eigenvalue weighted by atomic mass is 19.3. The van der Waals surface area contributed by atoms with E-state index in [-0.39, 0.29) is 41.4 Å². The van der Waals surface area contributed by atoms with E-state index in [1.807, 2.05) is 0 Å². The molecule has 0 radical (unpaired) electrons. The largest absolute Gasteiger partial charge is 0.383 e. The lowest BCUT2D eigenvalue weighted by Gasteiger charge is -2.22. The Morgan fingerprint density at radius 3 is 2.82 bits per heavy atom. The second-order valence-electron chi connectivity index (χ2n) is 8.54. The van der Waals surface area contributed by atoms with Gasteiger partial charge in [-0.25, -0.2) is 28.4 Å². The topological polar surface area (TPSA) is 117 Å². The van der Waals surface area contributed by atoms with Crippen LogP contribution in [0, 0.1) is 23.5 Å². The van der Waals surface area contributed by atoms with Gasteiger partial charge in [0.15, 0.2) is 11.5 Å². The number of halogens is 4. The molecule has 1 aliphatic heterocycles. The second-order valence-corrected chi connectivity index (χ2v) is 8.54. The van der Waals surface area contributed by atoms with E-state index < -0.39 is 34.8 Å². The Bertz CT molecular complexity index is 1640. The summed E-state index contributed by atoms with van der Waals surface area (Å²) >= 11 is 0. The Morgan fingerprint density at radius 2 is 2.11 bits per heavy atom. The van der Waals surface area contributed by atoms with E-state index in [1.165, 1.54) is 19.5 Å². The van der Waals surface area contributed by atoms with Gasteiger partial charge in [0.2, 0.25) is 5.91 Å². The molecule has 0 aliphatic carbocycles. The quantitative estimate of drug-likeness (QED) is 0.241. The van der Waals surface area contributed by atoms with E-state index in [9.17, 15) is 18.0 Å². The smallest absolute Gasteiger partial charge is 0.320 e. The number of hydrogen-bond donors (Lipinski definition) is 1. The number of carbonyl (C=O) groups excluding carboxylic acids is 1. The number of imidazole rings is 1. The first kappa shape index (κ1) is 25.2. The zero-order chi connectivity index (χ0) is 27.1. The molecule has 0 unspecified atom stereocenters. The number of fused-ring (bicyclic) bond motifs is 2. The van der Waals surface area contributed by atoms with Crippen molar-refractivity contribution >= 4 is 33.8 Å². The summed E-state index contributed by atoms with van der Waals surface area (Å²) in [6.45, 7) is 1.09. The van der Waals surface area contributed by atoms with Crippen molar-refractivity contribution in [3.05, 3.63) is 54.3 Å². The summed E-state index contributed by atoms with van der Waals surface area (Å²) in [5.74, 6) is 2.46. The van der Waals surface area contributed by atoms with Gasteiger partial charge < -0.3 is 15.4 Å². The monoisotopic (exact) mass is 528 g/mol. The van der Waals surface area contributed by atoms with Crippen LogP contribution in [0.2, 0.25) is 0 Å². The van der Waals surface area contributed by atoms with Crippen LogP contribution in [0.3, 0.4) is 0 Å². The second kappa shape index (κ2) is 9.75. The van der Waals surface area contributed by atoms with Gasteiger partial charge in [-0.05, 0) is 18.4 Å². The number of anilines is 1. The molecule has 10 nitrogen and oxygen atoms in total. The number of methoxy groups -OCH3 is 1. The third-order valence-corrected chi connectivity index (χ3v) is 6.35. The van der Waals surface area contributed by atoms with Gasteiger partial charge in [0, 0.05) is 19.7 Å². The van der Waals surface area contributed by atoms with Gasteiger partial charge in [0.05, 0.1) is 35.2 Å². The molecular weight excluding hydrogens is 508 g/mol. The molecule has 0 saturated carbocycles. The molecule has 196 valence electrons. The number of nitrogens with two attached hydrogens (primary N) is 1. The van der Waals surface area contributed by atoms with Crippen molar-refractivity contribution in [2.75, 3.05) is 26.0 Å². The van der Waals surface area contributed by atoms with E-state index >= 15 is 4.39 Å². The summed E-state index contributed by atoms with van der Waals surface area (Å²) in [5.41, 5.74) is 4.92. The van der Waals surface area contributed by atoms with Gasteiger partial charge in [0.1, 0.15) is 35.5 Å². The maximum absolute atomic E-state index is 15.0. The highest BCUT2D eigenvalue weighted by Crippen LogP contribution is 2.32. The molecule has 3 aromatic heterocycles. The van der Waals surface area contributed by atoms with Crippen molar-refractivity contribution in [3.63, 3.8) is 0 Å². The molecule has 0 bridgehead atoms. The first-order chi connectivity index (χ1) is 18.2. The Hall–Kier alpha value is -4.51. The van der Waals surface area contributed by atoms with Crippen molar-refractivity contribution in [2.24, 2.45) is 0 Å². The third-order valence-electron chi connectivity index (χ3n) is 6.35. The standard InChI is InChI=1S/C24H20F4N8O2/c1-3-18(37)34-8-12(6-13(34)9-38-2)36-23-19(22(29)30-10-31-23)16(33-36)5-4-14-15(25)7-17-21(20(14)26)32-11-35(17)24(27)28/h3,7,10-13,24H,1,6,8-9H2,2H3,(H2,29,30,31)/t12-,13+/m0/s1. The highest BCUT2D eigenvalue weighted by molar-refractivity contribution is 5.91. The summed E-state index contributed by atoms with van der Waals surface area (Å²) in [7, 11) is 1.53. The lowest BCUT2D eigenvalue weighted by molar-refractivity contribution is -0.127. The fourth-order valence-electron chi connectivity index (χ4n) is 4.63. The van der Waals surface area contributed by atoms with Gasteiger partial charge in [-0.15, -0.1) is 0 Å². The molecule has 1 saturated heterocycles. The highest BCUT2D eigenvalue weighted by Gasteiger charge is 2.37. The number of benzene rings is 1. The molecule has 5 rings (SSSR count). The number of rotatable bonds is 5. The predicted octanol–water partition coefficient (Wildman–Crippen LogP) is 2.81. The Labute approximate surface area is 212 Å². The van der Waals surface area contributed by atoms with Crippen LogP contribution in [0.15, 0.2) is 31.4 Å². The number of hydrogen-bond acceptors (Lipinski definition) is 7. The fraction of sp³-hybridized carbons (Fsp3) is 0.292. The number of aromatic nitrogens is 6. The summed E-state index contributed by atoms with van der Waals surface area (Å²) in [6, 6.07) is 0.163. The minimum atomic E-state index is -3.02. The number of alkyl halides is 2. The molecule has 1 aromatic carbocycles. The Kier molecular flexibility index (Phi) is 6.45. The van der Waals surface area contributed by atoms with Gasteiger partial charge in [-0.3, -0.25) is 9.36 Å². The molecule has 38 heavy (non-hydrogen) atoms.